The lowest BCUT2D eigenvalue weighted by molar-refractivity contribution is -0.145. The largest absolute Gasteiger partial charge is 0.508 e. The van der Waals surface area contributed by atoms with Gasteiger partial charge in [-0.05, 0) is 116 Å². The van der Waals surface area contributed by atoms with E-state index in [0.717, 1.165) is 5.56 Å². The number of halogens is 1. The maximum Gasteiger partial charge on any atom is 0.345 e. The first-order valence-corrected chi connectivity index (χ1v) is 24.7. The summed E-state index contributed by atoms with van der Waals surface area (Å²) in [7, 11) is -2.57. The summed E-state index contributed by atoms with van der Waals surface area (Å²) >= 11 is 1.29. The van der Waals surface area contributed by atoms with Crippen molar-refractivity contribution in [1.82, 2.24) is 19.9 Å². The van der Waals surface area contributed by atoms with Crippen LogP contribution in [0.15, 0.2) is 139 Å². The molecule has 0 saturated heterocycles. The zero-order valence-electron chi connectivity index (χ0n) is 39.6. The molecule has 0 spiro atoms. The molecule has 0 radical (unpaired) electrons. The highest BCUT2D eigenvalue weighted by Gasteiger charge is 2.29. The van der Waals surface area contributed by atoms with Crippen molar-refractivity contribution >= 4 is 37.6 Å². The highest BCUT2D eigenvalue weighted by molar-refractivity contribution is 7.86. The van der Waals surface area contributed by atoms with E-state index >= 15 is 0 Å². The number of phenols is 1. The van der Waals surface area contributed by atoms with Crippen LogP contribution in [-0.2, 0) is 36.9 Å². The van der Waals surface area contributed by atoms with E-state index in [0.29, 0.717) is 77.1 Å². The monoisotopic (exact) mass is 1010 g/mol. The number of benzene rings is 5. The number of aliphatic carboxylic acids is 1. The molecule has 2 unspecified atom stereocenters. The first kappa shape index (κ1) is 50.6. The number of aromatic nitrogens is 4. The Hall–Kier alpha value is -7.77. The van der Waals surface area contributed by atoms with Gasteiger partial charge >= 0.3 is 5.97 Å². The zero-order valence-corrected chi connectivity index (χ0v) is 41.2. The van der Waals surface area contributed by atoms with Gasteiger partial charge in [-0.25, -0.2) is 29.1 Å². The van der Waals surface area contributed by atoms with Crippen LogP contribution >= 0.6 is 11.3 Å². The predicted octanol–water partition coefficient (Wildman–Crippen LogP) is 10.3. The Morgan fingerprint density at radius 1 is 0.861 bits per heavy atom. The van der Waals surface area contributed by atoms with Gasteiger partial charge in [-0.3, -0.25) is 4.18 Å². The fourth-order valence-corrected chi connectivity index (χ4v) is 10.0. The average molecular weight is 1010 g/mol. The molecular formula is C54H49FN4O11S2. The second-order valence-electron chi connectivity index (χ2n) is 16.5. The van der Waals surface area contributed by atoms with Gasteiger partial charge in [0.2, 0.25) is 12.0 Å². The highest BCUT2D eigenvalue weighted by atomic mass is 32.2. The number of thiophene rings is 1. The number of fused-ring (bicyclic) bond motifs is 1. The molecule has 3 aromatic heterocycles. The van der Waals surface area contributed by atoms with Crippen molar-refractivity contribution in [2.45, 2.75) is 50.9 Å². The van der Waals surface area contributed by atoms with Crippen LogP contribution in [0.4, 0.5) is 4.39 Å². The quantitative estimate of drug-likeness (QED) is 0.0369. The number of hydrogen-bond acceptors (Lipinski definition) is 15. The fourth-order valence-electron chi connectivity index (χ4n) is 7.92. The number of phenolic OH excluding ortho intramolecular Hbond substituents is 1. The van der Waals surface area contributed by atoms with Crippen LogP contribution < -0.4 is 18.9 Å². The van der Waals surface area contributed by atoms with E-state index in [9.17, 15) is 27.8 Å². The molecule has 8 rings (SSSR count). The Morgan fingerprint density at radius 3 is 2.33 bits per heavy atom. The number of carboxylic acids is 1. The van der Waals surface area contributed by atoms with Crippen LogP contribution in [0.3, 0.4) is 0 Å². The fraction of sp³-hybridized carbons (Fsp3) is 0.204. The second kappa shape index (κ2) is 22.5. The maximum absolute atomic E-state index is 14.4. The van der Waals surface area contributed by atoms with E-state index in [2.05, 4.69) is 26.5 Å². The number of carboxylic acid groups (broad SMARTS) is 1. The molecule has 5 aromatic carbocycles. The van der Waals surface area contributed by atoms with Gasteiger partial charge in [0.05, 0.1) is 41.9 Å². The number of aromatic hydroxyl groups is 1. The van der Waals surface area contributed by atoms with Gasteiger partial charge in [-0.2, -0.15) is 8.42 Å². The van der Waals surface area contributed by atoms with Crippen LogP contribution in [0.1, 0.15) is 27.9 Å². The molecule has 2 N–H and O–H groups in total. The standard InChI is InChI=1S/C54H49FN4O11S2/c1-6-23-66-29-41(30-68-72(63,64)42-18-11-32(2)12-19-42)69-40-24-33(3)47(34(4)25-40)48-49-52(57-31-58-53(49)71-50(48)35-13-15-37(55)16-14-35)70-46(54(61)62)27-36-26-39(60)17-20-44(36)67-28-38-21-22-56-51(59-38)43-9-7-8-10-45(43)65-5/h6-22,24-26,31,41,46,60H,1,23,27-30H2,2-5H3,(H,61,62). The van der Waals surface area contributed by atoms with Gasteiger partial charge in [-0.15, -0.1) is 17.9 Å². The summed E-state index contributed by atoms with van der Waals surface area (Å²) in [6.45, 7) is 9.06. The van der Waals surface area contributed by atoms with Crippen LogP contribution in [0, 0.1) is 26.6 Å². The molecule has 8 aromatic rings. The Bertz CT molecular complexity index is 3330. The van der Waals surface area contributed by atoms with Crippen molar-refractivity contribution < 1.29 is 55.7 Å². The van der Waals surface area contributed by atoms with Gasteiger partial charge in [0, 0.05) is 28.6 Å². The normalized spacial score (nSPS) is 12.3. The number of para-hydroxylation sites is 1. The molecule has 2 atom stereocenters. The lowest BCUT2D eigenvalue weighted by Crippen LogP contribution is -2.30. The number of aryl methyl sites for hydroxylation is 3. The lowest BCUT2D eigenvalue weighted by atomic mass is 9.92. The van der Waals surface area contributed by atoms with E-state index in [1.54, 1.807) is 61.8 Å². The Kier molecular flexibility index (Phi) is 15.8. The first-order chi connectivity index (χ1) is 34.7. The van der Waals surface area contributed by atoms with Gasteiger partial charge in [0.15, 0.2) is 5.82 Å². The molecule has 0 bridgehead atoms. The minimum absolute atomic E-state index is 0.00448. The second-order valence-corrected chi connectivity index (χ2v) is 19.1. The Morgan fingerprint density at radius 2 is 1.61 bits per heavy atom. The van der Waals surface area contributed by atoms with Gasteiger partial charge in [0.25, 0.3) is 10.1 Å². The van der Waals surface area contributed by atoms with Crippen molar-refractivity contribution in [2.24, 2.45) is 0 Å². The molecule has 0 fully saturated rings. The predicted molar refractivity (Wildman–Crippen MR) is 270 cm³/mol. The average Bonchev–Trinajstić information content (AvgIpc) is 3.75. The molecule has 3 heterocycles. The van der Waals surface area contributed by atoms with Crippen LogP contribution in [0.25, 0.3) is 43.2 Å². The summed E-state index contributed by atoms with van der Waals surface area (Å²) in [6, 6.07) is 29.3. The Balaban J connectivity index is 1.11. The third kappa shape index (κ3) is 11.9. The van der Waals surface area contributed by atoms with Crippen molar-refractivity contribution in [3.8, 4) is 61.8 Å². The van der Waals surface area contributed by atoms with Crippen LogP contribution in [-0.4, -0.2) is 83.7 Å². The third-order valence-electron chi connectivity index (χ3n) is 11.3. The minimum atomic E-state index is -4.13. The number of methoxy groups -OCH3 is 1. The summed E-state index contributed by atoms with van der Waals surface area (Å²) in [5.74, 6) is -0.219. The van der Waals surface area contributed by atoms with E-state index in [1.807, 2.05) is 45.0 Å². The number of hydrogen-bond donors (Lipinski definition) is 2. The summed E-state index contributed by atoms with van der Waals surface area (Å²) in [5, 5.41) is 21.7. The molecule has 0 aliphatic heterocycles. The molecule has 0 saturated carbocycles. The van der Waals surface area contributed by atoms with Gasteiger partial charge in [0.1, 0.15) is 59.3 Å². The Labute approximate surface area is 419 Å². The van der Waals surface area contributed by atoms with Crippen molar-refractivity contribution in [1.29, 1.82) is 0 Å². The first-order valence-electron chi connectivity index (χ1n) is 22.5. The summed E-state index contributed by atoms with van der Waals surface area (Å²) in [4.78, 5) is 32.5. The molecule has 370 valence electrons. The van der Waals surface area contributed by atoms with E-state index in [1.165, 1.54) is 60.1 Å². The van der Waals surface area contributed by atoms with Gasteiger partial charge < -0.3 is 33.9 Å². The maximum atomic E-state index is 14.4. The smallest absolute Gasteiger partial charge is 0.345 e. The molecule has 0 amide bonds. The topological polar surface area (TPSA) is 199 Å². The van der Waals surface area contributed by atoms with Crippen molar-refractivity contribution in [2.75, 3.05) is 26.9 Å². The zero-order chi connectivity index (χ0) is 50.9. The molecule has 15 nitrogen and oxygen atoms in total. The molecule has 18 heteroatoms. The molecule has 0 aliphatic rings. The van der Waals surface area contributed by atoms with Crippen LogP contribution in [0.2, 0.25) is 0 Å². The summed E-state index contributed by atoms with van der Waals surface area (Å²) < 4.78 is 76.3. The van der Waals surface area contributed by atoms with Crippen molar-refractivity contribution in [3.63, 3.8) is 0 Å². The lowest BCUT2D eigenvalue weighted by Gasteiger charge is -2.21. The van der Waals surface area contributed by atoms with E-state index in [4.69, 9.17) is 27.9 Å². The molecule has 0 aliphatic carbocycles. The number of rotatable bonds is 22. The minimum Gasteiger partial charge on any atom is -0.508 e. The van der Waals surface area contributed by atoms with E-state index in [-0.39, 0.29) is 55.1 Å². The van der Waals surface area contributed by atoms with E-state index < -0.39 is 34.1 Å². The number of carbonyl (C=O) groups is 1. The van der Waals surface area contributed by atoms with Crippen molar-refractivity contribution in [3.05, 3.63) is 168 Å². The highest BCUT2D eigenvalue weighted by Crippen LogP contribution is 2.49. The molecular weight excluding hydrogens is 964 g/mol. The number of ether oxygens (including phenoxy) is 5. The summed E-state index contributed by atoms with van der Waals surface area (Å²) in [6.07, 6.45) is 1.77. The van der Waals surface area contributed by atoms with Gasteiger partial charge in [-0.1, -0.05) is 48.0 Å². The van der Waals surface area contributed by atoms with Crippen LogP contribution in [0.5, 0.6) is 28.9 Å². The number of nitrogens with zero attached hydrogens (tertiary/aromatic N) is 4. The third-order valence-corrected chi connectivity index (χ3v) is 13.7. The molecule has 72 heavy (non-hydrogen) atoms. The SMILES string of the molecule is C=CCOCC(COS(=O)(=O)c1ccc(C)cc1)Oc1cc(C)c(-c2c(-c3ccc(F)cc3)sc3ncnc(OC(Cc4cc(O)ccc4OCc4ccnc(-c5ccccc5OC)n4)C(=O)O)c23)c(C)c1. The summed E-state index contributed by atoms with van der Waals surface area (Å²) in [5.41, 5.74) is 5.81.